The molecule has 1 unspecified atom stereocenters. The molecule has 0 fully saturated rings. The van der Waals surface area contributed by atoms with E-state index in [9.17, 15) is 9.59 Å². The van der Waals surface area contributed by atoms with Crippen molar-refractivity contribution in [2.75, 3.05) is 27.9 Å². The highest BCUT2D eigenvalue weighted by Crippen LogP contribution is 2.24. The first kappa shape index (κ1) is 16.8. The summed E-state index contributed by atoms with van der Waals surface area (Å²) in [4.78, 5) is 22.9. The van der Waals surface area contributed by atoms with E-state index < -0.39 is 17.9 Å². The molecule has 1 aromatic carbocycles. The zero-order chi connectivity index (χ0) is 15.8. The summed E-state index contributed by atoms with van der Waals surface area (Å²) in [5.41, 5.74) is 0.607. The number of hydrogen-bond acceptors (Lipinski definition) is 5. The van der Waals surface area contributed by atoms with Crippen molar-refractivity contribution in [3.63, 3.8) is 0 Å². The minimum absolute atomic E-state index is 0.0200. The molecule has 0 radical (unpaired) electrons. The molecule has 0 saturated heterocycles. The number of amides is 1. The highest BCUT2D eigenvalue weighted by molar-refractivity contribution is 5.85. The van der Waals surface area contributed by atoms with Crippen molar-refractivity contribution in [2.45, 2.75) is 12.5 Å². The SMILES string of the molecule is COCC(NC(=O)Cc1cc(OC)ccc1OC)C(=O)O. The van der Waals surface area contributed by atoms with Gasteiger partial charge in [-0.2, -0.15) is 0 Å². The van der Waals surface area contributed by atoms with Crippen LogP contribution in [0.4, 0.5) is 0 Å². The number of rotatable bonds is 8. The number of carbonyl (C=O) groups excluding carboxylic acids is 1. The van der Waals surface area contributed by atoms with E-state index in [2.05, 4.69) is 5.32 Å². The molecule has 21 heavy (non-hydrogen) atoms. The third-order valence-electron chi connectivity index (χ3n) is 2.81. The average molecular weight is 297 g/mol. The Labute approximate surface area is 122 Å². The molecular formula is C14H19NO6. The van der Waals surface area contributed by atoms with Gasteiger partial charge in [-0.25, -0.2) is 4.79 Å². The minimum atomic E-state index is -1.15. The third-order valence-corrected chi connectivity index (χ3v) is 2.81. The number of carboxylic acid groups (broad SMARTS) is 1. The third kappa shape index (κ3) is 4.96. The molecule has 7 nitrogen and oxygen atoms in total. The summed E-state index contributed by atoms with van der Waals surface area (Å²) in [5.74, 6) is -0.469. The molecule has 7 heteroatoms. The quantitative estimate of drug-likeness (QED) is 0.724. The predicted molar refractivity (Wildman–Crippen MR) is 74.7 cm³/mol. The van der Waals surface area contributed by atoms with Crippen LogP contribution in [0.3, 0.4) is 0 Å². The zero-order valence-electron chi connectivity index (χ0n) is 12.2. The smallest absolute Gasteiger partial charge is 0.328 e. The van der Waals surface area contributed by atoms with Crippen molar-refractivity contribution in [2.24, 2.45) is 0 Å². The Morgan fingerprint density at radius 1 is 1.24 bits per heavy atom. The van der Waals surface area contributed by atoms with Gasteiger partial charge in [-0.1, -0.05) is 0 Å². The molecule has 0 spiro atoms. The van der Waals surface area contributed by atoms with Crippen molar-refractivity contribution < 1.29 is 28.9 Å². The van der Waals surface area contributed by atoms with Gasteiger partial charge in [0.2, 0.25) is 5.91 Å². The molecule has 0 saturated carbocycles. The molecule has 0 aliphatic heterocycles. The van der Waals surface area contributed by atoms with Gasteiger partial charge in [0.1, 0.15) is 11.5 Å². The zero-order valence-corrected chi connectivity index (χ0v) is 12.2. The van der Waals surface area contributed by atoms with Crippen molar-refractivity contribution in [3.05, 3.63) is 23.8 Å². The number of carbonyl (C=O) groups is 2. The number of carboxylic acids is 1. The fraction of sp³-hybridized carbons (Fsp3) is 0.429. The van der Waals surface area contributed by atoms with E-state index >= 15 is 0 Å². The molecule has 0 aliphatic rings. The lowest BCUT2D eigenvalue weighted by Crippen LogP contribution is -2.44. The molecule has 1 amide bonds. The highest BCUT2D eigenvalue weighted by Gasteiger charge is 2.20. The maximum Gasteiger partial charge on any atom is 0.328 e. The van der Waals surface area contributed by atoms with Crippen LogP contribution in [0.25, 0.3) is 0 Å². The Morgan fingerprint density at radius 2 is 1.95 bits per heavy atom. The number of nitrogens with one attached hydrogen (secondary N) is 1. The summed E-state index contributed by atoms with van der Waals surface area (Å²) in [7, 11) is 4.38. The summed E-state index contributed by atoms with van der Waals surface area (Å²) in [6.07, 6.45) is -0.0200. The summed E-state index contributed by atoms with van der Waals surface area (Å²) in [5, 5.41) is 11.4. The van der Waals surface area contributed by atoms with Gasteiger partial charge in [-0.3, -0.25) is 4.79 Å². The number of hydrogen-bond donors (Lipinski definition) is 2. The predicted octanol–water partition coefficient (Wildman–Crippen LogP) is 0.462. The van der Waals surface area contributed by atoms with E-state index in [1.165, 1.54) is 21.3 Å². The van der Waals surface area contributed by atoms with E-state index in [1.54, 1.807) is 18.2 Å². The summed E-state index contributed by atoms with van der Waals surface area (Å²) in [6, 6.07) is 3.99. The van der Waals surface area contributed by atoms with Gasteiger partial charge in [0.05, 0.1) is 27.2 Å². The standard InChI is InChI=1S/C14H19NO6/c1-19-8-11(14(17)18)15-13(16)7-9-6-10(20-2)4-5-12(9)21-3/h4-6,11H,7-8H2,1-3H3,(H,15,16)(H,17,18). The maximum atomic E-state index is 11.9. The summed E-state index contributed by atoms with van der Waals surface area (Å²) in [6.45, 7) is -0.101. The van der Waals surface area contributed by atoms with Crippen LogP contribution in [0.15, 0.2) is 18.2 Å². The van der Waals surface area contributed by atoms with Gasteiger partial charge in [0, 0.05) is 12.7 Å². The van der Waals surface area contributed by atoms with Crippen LogP contribution in [-0.2, 0) is 20.7 Å². The number of benzene rings is 1. The molecule has 1 rings (SSSR count). The molecule has 1 aromatic rings. The molecule has 0 aliphatic carbocycles. The Kier molecular flexibility index (Phi) is 6.48. The largest absolute Gasteiger partial charge is 0.497 e. The lowest BCUT2D eigenvalue weighted by molar-refractivity contribution is -0.143. The van der Waals surface area contributed by atoms with Crippen LogP contribution in [0.2, 0.25) is 0 Å². The first-order chi connectivity index (χ1) is 10.0. The van der Waals surface area contributed by atoms with Gasteiger partial charge in [0.25, 0.3) is 0 Å². The molecular weight excluding hydrogens is 278 g/mol. The van der Waals surface area contributed by atoms with E-state index in [0.29, 0.717) is 17.1 Å². The number of ether oxygens (including phenoxy) is 3. The van der Waals surface area contributed by atoms with Crippen LogP contribution < -0.4 is 14.8 Å². The molecule has 116 valence electrons. The normalized spacial score (nSPS) is 11.6. The van der Waals surface area contributed by atoms with Crippen molar-refractivity contribution in [1.82, 2.24) is 5.32 Å². The van der Waals surface area contributed by atoms with Crippen LogP contribution in [0.5, 0.6) is 11.5 Å². The van der Waals surface area contributed by atoms with Gasteiger partial charge in [-0.05, 0) is 18.2 Å². The molecule has 0 heterocycles. The highest BCUT2D eigenvalue weighted by atomic mass is 16.5. The van der Waals surface area contributed by atoms with Crippen LogP contribution >= 0.6 is 0 Å². The second-order valence-corrected chi connectivity index (χ2v) is 4.27. The Hall–Kier alpha value is -2.28. The molecule has 1 atom stereocenters. The fourth-order valence-corrected chi connectivity index (χ4v) is 1.78. The summed E-state index contributed by atoms with van der Waals surface area (Å²) >= 11 is 0. The van der Waals surface area contributed by atoms with Crippen molar-refractivity contribution in [3.8, 4) is 11.5 Å². The van der Waals surface area contributed by atoms with Crippen molar-refractivity contribution >= 4 is 11.9 Å². The Morgan fingerprint density at radius 3 is 2.48 bits per heavy atom. The molecule has 2 N–H and O–H groups in total. The average Bonchev–Trinajstić information content (AvgIpc) is 2.46. The minimum Gasteiger partial charge on any atom is -0.497 e. The van der Waals surface area contributed by atoms with E-state index in [4.69, 9.17) is 19.3 Å². The number of aliphatic carboxylic acids is 1. The van der Waals surface area contributed by atoms with E-state index in [0.717, 1.165) is 0 Å². The Balaban J connectivity index is 2.79. The number of methoxy groups -OCH3 is 3. The first-order valence-corrected chi connectivity index (χ1v) is 6.23. The lowest BCUT2D eigenvalue weighted by atomic mass is 10.1. The Bertz CT molecular complexity index is 502. The van der Waals surface area contributed by atoms with Gasteiger partial charge >= 0.3 is 5.97 Å². The second kappa shape index (κ2) is 8.11. The van der Waals surface area contributed by atoms with Crippen LogP contribution in [0.1, 0.15) is 5.56 Å². The molecule has 0 bridgehead atoms. The second-order valence-electron chi connectivity index (χ2n) is 4.27. The topological polar surface area (TPSA) is 94.1 Å². The lowest BCUT2D eigenvalue weighted by Gasteiger charge is -2.15. The van der Waals surface area contributed by atoms with E-state index in [-0.39, 0.29) is 13.0 Å². The van der Waals surface area contributed by atoms with Crippen LogP contribution in [-0.4, -0.2) is 51.0 Å². The first-order valence-electron chi connectivity index (χ1n) is 6.23. The van der Waals surface area contributed by atoms with Gasteiger partial charge in [0.15, 0.2) is 6.04 Å². The fourth-order valence-electron chi connectivity index (χ4n) is 1.78. The van der Waals surface area contributed by atoms with Gasteiger partial charge in [-0.15, -0.1) is 0 Å². The van der Waals surface area contributed by atoms with Crippen molar-refractivity contribution in [1.29, 1.82) is 0 Å². The van der Waals surface area contributed by atoms with E-state index in [1.807, 2.05) is 0 Å². The maximum absolute atomic E-state index is 11.9. The van der Waals surface area contributed by atoms with Crippen LogP contribution in [0, 0.1) is 0 Å². The monoisotopic (exact) mass is 297 g/mol. The van der Waals surface area contributed by atoms with Gasteiger partial charge < -0.3 is 24.6 Å². The molecule has 0 aromatic heterocycles. The summed E-state index contributed by atoms with van der Waals surface area (Å²) < 4.78 is 15.0.